The summed E-state index contributed by atoms with van der Waals surface area (Å²) in [5.41, 5.74) is 0.990. The van der Waals surface area contributed by atoms with Gasteiger partial charge >= 0.3 is 5.97 Å². The van der Waals surface area contributed by atoms with Crippen molar-refractivity contribution >= 4 is 79.9 Å². The van der Waals surface area contributed by atoms with Crippen molar-refractivity contribution in [1.29, 1.82) is 0 Å². The average molecular weight is 646 g/mol. The minimum absolute atomic E-state index is 0.0570. The van der Waals surface area contributed by atoms with E-state index in [1.54, 1.807) is 24.3 Å². The van der Waals surface area contributed by atoms with Crippen LogP contribution in [0.15, 0.2) is 59.8 Å². The molecule has 210 valence electrons. The summed E-state index contributed by atoms with van der Waals surface area (Å²) in [5, 5.41) is 15.2. The van der Waals surface area contributed by atoms with E-state index in [9.17, 15) is 27.9 Å². The smallest absolute Gasteiger partial charge is 0.326 e. The van der Waals surface area contributed by atoms with Crippen LogP contribution in [0.5, 0.6) is 0 Å². The molecule has 0 aliphatic carbocycles. The highest BCUT2D eigenvalue weighted by Gasteiger charge is 2.43. The van der Waals surface area contributed by atoms with Crippen LogP contribution in [-0.4, -0.2) is 59.2 Å². The first-order chi connectivity index (χ1) is 18.9. The van der Waals surface area contributed by atoms with Gasteiger partial charge in [-0.2, -0.15) is 4.31 Å². The minimum atomic E-state index is -4.10. The van der Waals surface area contributed by atoms with E-state index in [4.69, 9.17) is 46.4 Å². The van der Waals surface area contributed by atoms with Crippen molar-refractivity contribution in [1.82, 2.24) is 14.6 Å². The van der Waals surface area contributed by atoms with Crippen LogP contribution >= 0.6 is 46.4 Å². The maximum Gasteiger partial charge on any atom is 0.326 e. The first-order valence-electron chi connectivity index (χ1n) is 11.6. The molecular weight excluding hydrogens is 626 g/mol. The number of sulfonamides is 1. The number of carboxylic acid groups (broad SMARTS) is 1. The molecule has 2 aromatic carbocycles. The molecule has 1 aromatic heterocycles. The van der Waals surface area contributed by atoms with Gasteiger partial charge in [0.25, 0.3) is 5.91 Å². The van der Waals surface area contributed by atoms with E-state index in [2.05, 4.69) is 15.6 Å². The summed E-state index contributed by atoms with van der Waals surface area (Å²) in [5.74, 6) is -2.60. The lowest BCUT2D eigenvalue weighted by atomic mass is 10.0. The summed E-state index contributed by atoms with van der Waals surface area (Å²) >= 11 is 23.9. The van der Waals surface area contributed by atoms with E-state index in [1.807, 2.05) is 0 Å². The summed E-state index contributed by atoms with van der Waals surface area (Å²) in [7, 11) is -4.10. The fourth-order valence-corrected chi connectivity index (χ4v) is 6.87. The number of hydrogen-bond acceptors (Lipinski definition) is 6. The normalized spacial score (nSPS) is 16.1. The molecule has 0 saturated carbocycles. The molecule has 0 spiro atoms. The maximum absolute atomic E-state index is 13.0. The Morgan fingerprint density at radius 1 is 1.00 bits per heavy atom. The number of aromatic nitrogens is 1. The highest BCUT2D eigenvalue weighted by atomic mass is 35.5. The van der Waals surface area contributed by atoms with Crippen LogP contribution < -0.4 is 10.6 Å². The van der Waals surface area contributed by atoms with Crippen LogP contribution in [0.25, 0.3) is 0 Å². The Hall–Kier alpha value is -2.93. The van der Waals surface area contributed by atoms with Crippen LogP contribution in [0.1, 0.15) is 22.3 Å². The number of anilines is 1. The number of carbonyl (C=O) groups is 3. The number of aliphatic carboxylic acids is 1. The highest BCUT2D eigenvalue weighted by molar-refractivity contribution is 7.89. The molecule has 2 amide bonds. The van der Waals surface area contributed by atoms with Gasteiger partial charge in [0.1, 0.15) is 12.1 Å². The largest absolute Gasteiger partial charge is 0.480 e. The number of benzene rings is 2. The summed E-state index contributed by atoms with van der Waals surface area (Å²) in [4.78, 5) is 41.0. The summed E-state index contributed by atoms with van der Waals surface area (Å²) in [6, 6.07) is 7.66. The first kappa shape index (κ1) is 30.0. The molecule has 3 aromatic rings. The number of carbonyl (C=O) groups excluding carboxylic acids is 2. The van der Waals surface area contributed by atoms with Gasteiger partial charge in [-0.25, -0.2) is 13.2 Å². The van der Waals surface area contributed by atoms with Crippen molar-refractivity contribution in [3.63, 3.8) is 0 Å². The summed E-state index contributed by atoms with van der Waals surface area (Å²) < 4.78 is 27.1. The van der Waals surface area contributed by atoms with Gasteiger partial charge in [0.05, 0.1) is 20.5 Å². The Morgan fingerprint density at radius 3 is 2.12 bits per heavy atom. The standard InChI is InChI=1S/C25H20Cl4N4O6S/c26-14-8-15(27)10-17(9-14)40(38,39)33-6-5-21(33)23(34)32-20(25(36)37)7-13-1-3-16(4-2-13)31-24(35)22-18(28)11-30-12-19(22)29/h1-4,8-12,20-21H,5-7H2,(H,31,35)(H,32,34)(H,36,37). The first-order valence-corrected chi connectivity index (χ1v) is 14.5. The van der Waals surface area contributed by atoms with Crippen LogP contribution in [0.2, 0.25) is 20.1 Å². The lowest BCUT2D eigenvalue weighted by Gasteiger charge is -2.38. The quantitative estimate of drug-likeness (QED) is 0.310. The molecule has 0 bridgehead atoms. The predicted octanol–water partition coefficient (Wildman–Crippen LogP) is 4.52. The van der Waals surface area contributed by atoms with E-state index in [1.165, 1.54) is 30.6 Å². The molecule has 40 heavy (non-hydrogen) atoms. The number of nitrogens with one attached hydrogen (secondary N) is 2. The Labute approximate surface area is 249 Å². The Morgan fingerprint density at radius 2 is 1.60 bits per heavy atom. The number of halogens is 4. The van der Waals surface area contributed by atoms with E-state index in [0.29, 0.717) is 11.3 Å². The maximum atomic E-state index is 13.0. The zero-order chi connectivity index (χ0) is 29.2. The van der Waals surface area contributed by atoms with Gasteiger partial charge in [0, 0.05) is 41.1 Å². The molecule has 2 heterocycles. The topological polar surface area (TPSA) is 146 Å². The average Bonchev–Trinajstić information content (AvgIpc) is 2.83. The summed E-state index contributed by atoms with van der Waals surface area (Å²) in [6.07, 6.45) is 2.69. The van der Waals surface area contributed by atoms with Crippen molar-refractivity contribution in [3.8, 4) is 0 Å². The Bertz CT molecular complexity index is 1550. The van der Waals surface area contributed by atoms with Crippen LogP contribution in [0, 0.1) is 0 Å². The fraction of sp³-hybridized carbons (Fsp3) is 0.200. The molecule has 1 aliphatic rings. The molecule has 2 unspecified atom stereocenters. The third-order valence-electron chi connectivity index (χ3n) is 6.06. The minimum Gasteiger partial charge on any atom is -0.480 e. The van der Waals surface area contributed by atoms with Gasteiger partial charge in [-0.1, -0.05) is 58.5 Å². The molecule has 0 radical (unpaired) electrons. The second kappa shape index (κ2) is 12.3. The van der Waals surface area contributed by atoms with Crippen molar-refractivity contribution in [2.45, 2.75) is 29.8 Å². The van der Waals surface area contributed by atoms with Crippen molar-refractivity contribution in [3.05, 3.63) is 86.1 Å². The van der Waals surface area contributed by atoms with Crippen molar-refractivity contribution < 1.29 is 27.9 Å². The molecule has 3 N–H and O–H groups in total. The van der Waals surface area contributed by atoms with E-state index < -0.39 is 39.9 Å². The zero-order valence-electron chi connectivity index (χ0n) is 20.3. The van der Waals surface area contributed by atoms with Crippen LogP contribution in [0.4, 0.5) is 5.69 Å². The number of rotatable bonds is 9. The van der Waals surface area contributed by atoms with E-state index in [0.717, 1.165) is 4.31 Å². The molecule has 15 heteroatoms. The van der Waals surface area contributed by atoms with E-state index in [-0.39, 0.29) is 49.9 Å². The molecule has 10 nitrogen and oxygen atoms in total. The monoisotopic (exact) mass is 644 g/mol. The molecule has 4 rings (SSSR count). The SMILES string of the molecule is O=C(Nc1ccc(CC(NC(=O)C2CCN2S(=O)(=O)c2cc(Cl)cc(Cl)c2)C(=O)O)cc1)c1c(Cl)cncc1Cl. The predicted molar refractivity (Wildman–Crippen MR) is 151 cm³/mol. The second-order valence-electron chi connectivity index (χ2n) is 8.76. The number of nitrogens with zero attached hydrogens (tertiary/aromatic N) is 2. The van der Waals surface area contributed by atoms with Gasteiger partial charge in [-0.15, -0.1) is 0 Å². The number of hydrogen-bond donors (Lipinski definition) is 3. The number of amides is 2. The van der Waals surface area contributed by atoms with Gasteiger partial charge in [0.15, 0.2) is 0 Å². The fourth-order valence-electron chi connectivity index (χ4n) is 3.98. The van der Waals surface area contributed by atoms with Gasteiger partial charge < -0.3 is 15.7 Å². The third-order valence-corrected chi connectivity index (χ3v) is 8.96. The van der Waals surface area contributed by atoms with Crippen molar-refractivity contribution in [2.24, 2.45) is 0 Å². The number of carboxylic acids is 1. The highest BCUT2D eigenvalue weighted by Crippen LogP contribution is 2.31. The van der Waals surface area contributed by atoms with Gasteiger partial charge in [-0.3, -0.25) is 14.6 Å². The molecule has 2 atom stereocenters. The molecule has 1 saturated heterocycles. The summed E-state index contributed by atoms with van der Waals surface area (Å²) in [6.45, 7) is 0.0748. The molecular formula is C25H20Cl4N4O6S. The third kappa shape index (κ3) is 6.68. The lowest BCUT2D eigenvalue weighted by molar-refractivity contribution is -0.143. The zero-order valence-corrected chi connectivity index (χ0v) is 24.1. The van der Waals surface area contributed by atoms with Gasteiger partial charge in [-0.05, 0) is 42.3 Å². The Balaban J connectivity index is 1.41. The van der Waals surface area contributed by atoms with E-state index >= 15 is 0 Å². The van der Waals surface area contributed by atoms with Gasteiger partial charge in [0.2, 0.25) is 15.9 Å². The lowest BCUT2D eigenvalue weighted by Crippen LogP contribution is -2.60. The van der Waals surface area contributed by atoms with Crippen molar-refractivity contribution in [2.75, 3.05) is 11.9 Å². The number of pyridine rings is 1. The Kier molecular flexibility index (Phi) is 9.23. The molecule has 1 fully saturated rings. The molecule has 1 aliphatic heterocycles. The second-order valence-corrected chi connectivity index (χ2v) is 12.3. The van der Waals surface area contributed by atoms with Crippen LogP contribution in [-0.2, 0) is 26.0 Å². The van der Waals surface area contributed by atoms with Crippen LogP contribution in [0.3, 0.4) is 0 Å².